The lowest BCUT2D eigenvalue weighted by Gasteiger charge is -2.16. The molecule has 0 aliphatic rings. The number of ketones is 2. The van der Waals surface area contributed by atoms with E-state index in [0.29, 0.717) is 24.4 Å². The Kier molecular flexibility index (Phi) is 7.33. The molecule has 0 fully saturated rings. The van der Waals surface area contributed by atoms with Gasteiger partial charge in [0, 0.05) is 24.2 Å². The Labute approximate surface area is 106 Å². The molecule has 2 nitrogen and oxygen atoms in total. The fraction of sp³-hybridized carbons (Fsp3) is 0.867. The summed E-state index contributed by atoms with van der Waals surface area (Å²) in [6.45, 7) is 9.80. The van der Waals surface area contributed by atoms with E-state index in [4.69, 9.17) is 0 Å². The van der Waals surface area contributed by atoms with E-state index in [2.05, 4.69) is 0 Å². The van der Waals surface area contributed by atoms with Crippen LogP contribution < -0.4 is 0 Å². The van der Waals surface area contributed by atoms with Gasteiger partial charge in [-0.25, -0.2) is 0 Å². The van der Waals surface area contributed by atoms with Crippen LogP contribution in [0.3, 0.4) is 0 Å². The summed E-state index contributed by atoms with van der Waals surface area (Å²) in [5, 5.41) is 0. The lowest BCUT2D eigenvalue weighted by molar-refractivity contribution is -0.126. The molecule has 0 aromatic carbocycles. The summed E-state index contributed by atoms with van der Waals surface area (Å²) in [4.78, 5) is 23.0. The Morgan fingerprint density at radius 3 is 1.76 bits per heavy atom. The van der Waals surface area contributed by atoms with Gasteiger partial charge < -0.3 is 0 Å². The van der Waals surface area contributed by atoms with E-state index in [1.807, 2.05) is 34.6 Å². The summed E-state index contributed by atoms with van der Waals surface area (Å²) >= 11 is 0. The minimum atomic E-state index is -0.201. The van der Waals surface area contributed by atoms with E-state index < -0.39 is 0 Å². The highest BCUT2D eigenvalue weighted by molar-refractivity contribution is 5.83. The minimum Gasteiger partial charge on any atom is -0.299 e. The Morgan fingerprint density at radius 1 is 0.882 bits per heavy atom. The van der Waals surface area contributed by atoms with Crippen molar-refractivity contribution in [3.05, 3.63) is 0 Å². The standard InChI is InChI=1S/C15H28O2/c1-12(2)13(16)10-8-6-7-9-11-14(17)15(3,4)5/h12H,6-11H2,1-5H3. The molecule has 17 heavy (non-hydrogen) atoms. The van der Waals surface area contributed by atoms with E-state index in [-0.39, 0.29) is 11.3 Å². The summed E-state index contributed by atoms with van der Waals surface area (Å²) in [5.74, 6) is 0.865. The quantitative estimate of drug-likeness (QED) is 0.597. The van der Waals surface area contributed by atoms with Crippen LogP contribution in [-0.4, -0.2) is 11.6 Å². The molecular formula is C15H28O2. The number of unbranched alkanes of at least 4 members (excludes halogenated alkanes) is 3. The molecule has 0 amide bonds. The van der Waals surface area contributed by atoms with Gasteiger partial charge in [-0.1, -0.05) is 47.5 Å². The number of hydrogen-bond acceptors (Lipinski definition) is 2. The van der Waals surface area contributed by atoms with Crippen molar-refractivity contribution in [1.82, 2.24) is 0 Å². The first-order valence-corrected chi connectivity index (χ1v) is 6.81. The van der Waals surface area contributed by atoms with Gasteiger partial charge in [0.25, 0.3) is 0 Å². The number of Topliss-reactive ketones (excluding diaryl/α,β-unsaturated/α-hetero) is 2. The van der Waals surface area contributed by atoms with Crippen LogP contribution in [0.2, 0.25) is 0 Å². The van der Waals surface area contributed by atoms with Crippen molar-refractivity contribution in [2.45, 2.75) is 73.1 Å². The second kappa shape index (κ2) is 7.62. The average Bonchev–Trinajstić information content (AvgIpc) is 2.20. The molecule has 0 atom stereocenters. The SMILES string of the molecule is CC(C)C(=O)CCCCCCC(=O)C(C)(C)C. The molecule has 0 aliphatic carbocycles. The van der Waals surface area contributed by atoms with Crippen LogP contribution >= 0.6 is 0 Å². The molecule has 100 valence electrons. The molecule has 0 aromatic heterocycles. The van der Waals surface area contributed by atoms with E-state index in [1.165, 1.54) is 0 Å². The van der Waals surface area contributed by atoms with Gasteiger partial charge >= 0.3 is 0 Å². The smallest absolute Gasteiger partial charge is 0.138 e. The van der Waals surface area contributed by atoms with Gasteiger partial charge in [0.15, 0.2) is 0 Å². The zero-order valence-electron chi connectivity index (χ0n) is 12.1. The van der Waals surface area contributed by atoms with E-state index in [1.54, 1.807) is 0 Å². The van der Waals surface area contributed by atoms with Crippen molar-refractivity contribution in [2.24, 2.45) is 11.3 Å². The largest absolute Gasteiger partial charge is 0.299 e. The maximum atomic E-state index is 11.6. The third kappa shape index (κ3) is 8.12. The molecule has 0 heterocycles. The first-order valence-electron chi connectivity index (χ1n) is 6.81. The van der Waals surface area contributed by atoms with Gasteiger partial charge in [0.05, 0.1) is 0 Å². The predicted octanol–water partition coefficient (Wildman–Crippen LogP) is 4.17. The molecule has 0 aliphatic heterocycles. The highest BCUT2D eigenvalue weighted by Crippen LogP contribution is 2.19. The van der Waals surface area contributed by atoms with Gasteiger partial charge in [-0.15, -0.1) is 0 Å². The molecule has 0 aromatic rings. The summed E-state index contributed by atoms with van der Waals surface area (Å²) < 4.78 is 0. The molecule has 0 spiro atoms. The first-order chi connectivity index (χ1) is 7.75. The van der Waals surface area contributed by atoms with Crippen molar-refractivity contribution < 1.29 is 9.59 Å². The average molecular weight is 240 g/mol. The summed E-state index contributed by atoms with van der Waals surface area (Å²) in [6, 6.07) is 0. The van der Waals surface area contributed by atoms with Crippen LogP contribution in [0.1, 0.15) is 73.1 Å². The number of rotatable bonds is 8. The normalized spacial score (nSPS) is 11.9. The van der Waals surface area contributed by atoms with Gasteiger partial charge in [-0.3, -0.25) is 9.59 Å². The van der Waals surface area contributed by atoms with Crippen LogP contribution in [0.5, 0.6) is 0 Å². The summed E-state index contributed by atoms with van der Waals surface area (Å²) in [7, 11) is 0. The van der Waals surface area contributed by atoms with Gasteiger partial charge in [-0.05, 0) is 12.8 Å². The third-order valence-corrected chi connectivity index (χ3v) is 3.06. The van der Waals surface area contributed by atoms with Gasteiger partial charge in [-0.2, -0.15) is 0 Å². The van der Waals surface area contributed by atoms with E-state index >= 15 is 0 Å². The summed E-state index contributed by atoms with van der Waals surface area (Å²) in [5.41, 5.74) is -0.201. The second-order valence-electron chi connectivity index (χ2n) is 6.21. The van der Waals surface area contributed by atoms with Gasteiger partial charge in [0.2, 0.25) is 0 Å². The molecule has 0 saturated carbocycles. The predicted molar refractivity (Wildman–Crippen MR) is 72.0 cm³/mol. The topological polar surface area (TPSA) is 34.1 Å². The fourth-order valence-corrected chi connectivity index (χ4v) is 1.60. The van der Waals surface area contributed by atoms with Crippen LogP contribution in [0.15, 0.2) is 0 Å². The lowest BCUT2D eigenvalue weighted by Crippen LogP contribution is -2.19. The Hall–Kier alpha value is -0.660. The molecule has 0 saturated heterocycles. The highest BCUT2D eigenvalue weighted by atomic mass is 16.1. The third-order valence-electron chi connectivity index (χ3n) is 3.06. The molecule has 0 unspecified atom stereocenters. The number of carbonyl (C=O) groups is 2. The first kappa shape index (κ1) is 16.3. The summed E-state index contributed by atoms with van der Waals surface area (Å²) in [6.07, 6.45) is 5.45. The molecule has 0 bridgehead atoms. The van der Waals surface area contributed by atoms with E-state index in [9.17, 15) is 9.59 Å². The van der Waals surface area contributed by atoms with Crippen LogP contribution in [0, 0.1) is 11.3 Å². The van der Waals surface area contributed by atoms with Crippen molar-refractivity contribution in [3.8, 4) is 0 Å². The van der Waals surface area contributed by atoms with Crippen molar-refractivity contribution in [1.29, 1.82) is 0 Å². The van der Waals surface area contributed by atoms with Crippen LogP contribution in [0.4, 0.5) is 0 Å². The van der Waals surface area contributed by atoms with Gasteiger partial charge in [0.1, 0.15) is 11.6 Å². The highest BCUT2D eigenvalue weighted by Gasteiger charge is 2.19. The van der Waals surface area contributed by atoms with Crippen molar-refractivity contribution in [2.75, 3.05) is 0 Å². The molecular weight excluding hydrogens is 212 g/mol. The maximum Gasteiger partial charge on any atom is 0.138 e. The Bertz CT molecular complexity index is 246. The Morgan fingerprint density at radius 2 is 1.35 bits per heavy atom. The monoisotopic (exact) mass is 240 g/mol. The number of hydrogen-bond donors (Lipinski definition) is 0. The molecule has 0 rings (SSSR count). The number of carbonyl (C=O) groups excluding carboxylic acids is 2. The maximum absolute atomic E-state index is 11.6. The zero-order chi connectivity index (χ0) is 13.5. The minimum absolute atomic E-state index is 0.164. The lowest BCUT2D eigenvalue weighted by atomic mass is 9.87. The van der Waals surface area contributed by atoms with Crippen molar-refractivity contribution in [3.63, 3.8) is 0 Å². The van der Waals surface area contributed by atoms with Crippen LogP contribution in [0.25, 0.3) is 0 Å². The molecule has 2 heteroatoms. The molecule has 0 N–H and O–H groups in total. The van der Waals surface area contributed by atoms with Crippen LogP contribution in [-0.2, 0) is 9.59 Å². The molecule has 0 radical (unpaired) electrons. The van der Waals surface area contributed by atoms with Crippen molar-refractivity contribution >= 4 is 11.6 Å². The Balaban J connectivity index is 3.48. The van der Waals surface area contributed by atoms with E-state index in [0.717, 1.165) is 25.7 Å². The second-order valence-corrected chi connectivity index (χ2v) is 6.21. The fourth-order valence-electron chi connectivity index (χ4n) is 1.60. The zero-order valence-corrected chi connectivity index (χ0v) is 12.1.